The van der Waals surface area contributed by atoms with Gasteiger partial charge in [0.2, 0.25) is 15.9 Å². The molecule has 2 aromatic rings. The first-order chi connectivity index (χ1) is 14.2. The summed E-state index contributed by atoms with van der Waals surface area (Å²) in [6.07, 6.45) is 1.10. The Morgan fingerprint density at radius 3 is 2.20 bits per heavy atom. The zero-order valence-electron chi connectivity index (χ0n) is 17.2. The maximum atomic E-state index is 12.5. The normalized spacial score (nSPS) is 12.1. The second-order valence-electron chi connectivity index (χ2n) is 6.65. The van der Waals surface area contributed by atoms with Gasteiger partial charge in [0.05, 0.1) is 32.4 Å². The number of rotatable bonds is 10. The second kappa shape index (κ2) is 10.7. The van der Waals surface area contributed by atoms with Gasteiger partial charge < -0.3 is 14.8 Å². The Bertz CT molecular complexity index is 956. The molecule has 9 heteroatoms. The number of esters is 1. The summed E-state index contributed by atoms with van der Waals surface area (Å²) in [5, 5.41) is 2.74. The van der Waals surface area contributed by atoms with E-state index in [9.17, 15) is 18.0 Å². The lowest BCUT2D eigenvalue weighted by Gasteiger charge is -2.18. The molecule has 162 valence electrons. The number of carbonyl (C=O) groups is 2. The summed E-state index contributed by atoms with van der Waals surface area (Å²) in [6.45, 7) is 2.07. The molecule has 2 aromatic carbocycles. The van der Waals surface area contributed by atoms with Crippen LogP contribution in [0.3, 0.4) is 0 Å². The van der Waals surface area contributed by atoms with Gasteiger partial charge in [-0.2, -0.15) is 0 Å². The first-order valence-electron chi connectivity index (χ1n) is 9.36. The largest absolute Gasteiger partial charge is 0.497 e. The van der Waals surface area contributed by atoms with Crippen LogP contribution in [0, 0.1) is 0 Å². The predicted octanol–water partition coefficient (Wildman–Crippen LogP) is 2.42. The van der Waals surface area contributed by atoms with Gasteiger partial charge in [-0.25, -0.2) is 13.1 Å². The summed E-state index contributed by atoms with van der Waals surface area (Å²) in [5.41, 5.74) is 1.95. The van der Waals surface area contributed by atoms with Crippen LogP contribution in [0.4, 0.5) is 5.69 Å². The number of anilines is 1. The number of sulfonamides is 1. The van der Waals surface area contributed by atoms with Crippen LogP contribution in [0.5, 0.6) is 5.75 Å². The fraction of sp³-hybridized carbons (Fsp3) is 0.333. The summed E-state index contributed by atoms with van der Waals surface area (Å²) < 4.78 is 36.0. The highest BCUT2D eigenvalue weighted by atomic mass is 32.2. The first-order valence-corrected chi connectivity index (χ1v) is 11.2. The molecule has 0 spiro atoms. The van der Waals surface area contributed by atoms with Gasteiger partial charge in [-0.1, -0.05) is 24.3 Å². The van der Waals surface area contributed by atoms with E-state index in [1.54, 1.807) is 55.5 Å². The van der Waals surface area contributed by atoms with Gasteiger partial charge in [0.25, 0.3) is 0 Å². The molecule has 30 heavy (non-hydrogen) atoms. The third-order valence-corrected chi connectivity index (χ3v) is 4.87. The molecular formula is C21H26N2O6S. The number of methoxy groups -OCH3 is 1. The van der Waals surface area contributed by atoms with Crippen molar-refractivity contribution in [3.05, 3.63) is 59.7 Å². The zero-order valence-corrected chi connectivity index (χ0v) is 18.0. The van der Waals surface area contributed by atoms with Crippen LogP contribution in [0.2, 0.25) is 0 Å². The Morgan fingerprint density at radius 2 is 1.67 bits per heavy atom. The highest BCUT2D eigenvalue weighted by molar-refractivity contribution is 7.88. The van der Waals surface area contributed by atoms with Crippen molar-refractivity contribution in [3.8, 4) is 5.75 Å². The van der Waals surface area contributed by atoms with Crippen LogP contribution in [0.15, 0.2) is 48.5 Å². The first kappa shape index (κ1) is 23.4. The Labute approximate surface area is 176 Å². The van der Waals surface area contributed by atoms with E-state index in [4.69, 9.17) is 9.47 Å². The van der Waals surface area contributed by atoms with Gasteiger partial charge in [0, 0.05) is 12.1 Å². The van der Waals surface area contributed by atoms with E-state index in [0.29, 0.717) is 23.6 Å². The monoisotopic (exact) mass is 434 g/mol. The molecule has 0 aliphatic rings. The molecule has 0 saturated carbocycles. The van der Waals surface area contributed by atoms with Crippen LogP contribution in [0.25, 0.3) is 0 Å². The van der Waals surface area contributed by atoms with E-state index in [0.717, 1.165) is 11.8 Å². The van der Waals surface area contributed by atoms with Crippen molar-refractivity contribution in [2.45, 2.75) is 25.8 Å². The van der Waals surface area contributed by atoms with Crippen LogP contribution < -0.4 is 14.8 Å². The number of nitrogens with one attached hydrogen (secondary N) is 2. The summed E-state index contributed by atoms with van der Waals surface area (Å²) in [7, 11) is -2.00. The SMILES string of the molecule is CCOC(=O)Cc1ccc(NC(=O)CC(NS(C)(=O)=O)c2ccc(OC)cc2)cc1. The van der Waals surface area contributed by atoms with Crippen molar-refractivity contribution >= 4 is 27.6 Å². The van der Waals surface area contributed by atoms with Crippen molar-refractivity contribution in [1.82, 2.24) is 4.72 Å². The van der Waals surface area contributed by atoms with Gasteiger partial charge in [0.15, 0.2) is 0 Å². The lowest BCUT2D eigenvalue weighted by molar-refractivity contribution is -0.142. The van der Waals surface area contributed by atoms with Crippen molar-refractivity contribution < 1.29 is 27.5 Å². The third kappa shape index (κ3) is 7.84. The Hall–Kier alpha value is -2.91. The molecule has 2 N–H and O–H groups in total. The van der Waals surface area contributed by atoms with Crippen molar-refractivity contribution in [2.24, 2.45) is 0 Å². The average Bonchev–Trinajstić information content (AvgIpc) is 2.68. The lowest BCUT2D eigenvalue weighted by Crippen LogP contribution is -2.30. The quantitative estimate of drug-likeness (QED) is 0.556. The highest BCUT2D eigenvalue weighted by Gasteiger charge is 2.20. The van der Waals surface area contributed by atoms with E-state index >= 15 is 0 Å². The van der Waals surface area contributed by atoms with Gasteiger partial charge in [-0.05, 0) is 42.3 Å². The lowest BCUT2D eigenvalue weighted by atomic mass is 10.0. The summed E-state index contributed by atoms with van der Waals surface area (Å²) in [4.78, 5) is 24.0. The van der Waals surface area contributed by atoms with Gasteiger partial charge in [0.1, 0.15) is 5.75 Å². The summed E-state index contributed by atoms with van der Waals surface area (Å²) in [5.74, 6) is -0.0437. The molecule has 8 nitrogen and oxygen atoms in total. The molecule has 2 rings (SSSR count). The summed E-state index contributed by atoms with van der Waals surface area (Å²) >= 11 is 0. The van der Waals surface area contributed by atoms with Crippen molar-refractivity contribution in [1.29, 1.82) is 0 Å². The smallest absolute Gasteiger partial charge is 0.310 e. The van der Waals surface area contributed by atoms with E-state index in [2.05, 4.69) is 10.0 Å². The number of amides is 1. The fourth-order valence-electron chi connectivity index (χ4n) is 2.80. The minimum Gasteiger partial charge on any atom is -0.497 e. The van der Waals surface area contributed by atoms with Gasteiger partial charge >= 0.3 is 5.97 Å². The van der Waals surface area contributed by atoms with Gasteiger partial charge in [-0.15, -0.1) is 0 Å². The molecule has 0 aliphatic carbocycles. The number of hydrogen-bond acceptors (Lipinski definition) is 6. The Kier molecular flexibility index (Phi) is 8.37. The number of carbonyl (C=O) groups excluding carboxylic acids is 2. The van der Waals surface area contributed by atoms with E-state index < -0.39 is 16.1 Å². The highest BCUT2D eigenvalue weighted by Crippen LogP contribution is 2.22. The molecule has 0 heterocycles. The fourth-order valence-corrected chi connectivity index (χ4v) is 3.54. The molecule has 0 bridgehead atoms. The topological polar surface area (TPSA) is 111 Å². The van der Waals surface area contributed by atoms with E-state index in [1.165, 1.54) is 7.11 Å². The molecule has 0 saturated heterocycles. The molecule has 0 aliphatic heterocycles. The minimum absolute atomic E-state index is 0.0933. The standard InChI is InChI=1S/C21H26N2O6S/c1-4-29-21(25)13-15-5-9-17(10-6-15)22-20(24)14-19(23-30(3,26)27)16-7-11-18(28-2)12-8-16/h5-12,19,23H,4,13-14H2,1-3H3,(H,22,24). The average molecular weight is 435 g/mol. The minimum atomic E-state index is -3.53. The van der Waals surface area contributed by atoms with Crippen LogP contribution in [0.1, 0.15) is 30.5 Å². The van der Waals surface area contributed by atoms with Crippen LogP contribution in [-0.4, -0.2) is 40.3 Å². The molecule has 1 unspecified atom stereocenters. The maximum Gasteiger partial charge on any atom is 0.310 e. The van der Waals surface area contributed by atoms with Crippen molar-refractivity contribution in [3.63, 3.8) is 0 Å². The molecule has 0 aromatic heterocycles. The molecular weight excluding hydrogens is 408 g/mol. The molecule has 0 fully saturated rings. The number of hydrogen-bond donors (Lipinski definition) is 2. The zero-order chi connectivity index (χ0) is 22.1. The number of benzene rings is 2. The second-order valence-corrected chi connectivity index (χ2v) is 8.43. The number of ether oxygens (including phenoxy) is 2. The van der Waals surface area contributed by atoms with Crippen LogP contribution >= 0.6 is 0 Å². The summed E-state index contributed by atoms with van der Waals surface area (Å²) in [6, 6.07) is 12.9. The van der Waals surface area contributed by atoms with E-state index in [-0.39, 0.29) is 24.7 Å². The maximum absolute atomic E-state index is 12.5. The molecule has 1 amide bonds. The third-order valence-electron chi connectivity index (χ3n) is 4.16. The Balaban J connectivity index is 2.05. The predicted molar refractivity (Wildman–Crippen MR) is 114 cm³/mol. The molecule has 1 atom stereocenters. The van der Waals surface area contributed by atoms with Crippen molar-refractivity contribution in [2.75, 3.05) is 25.3 Å². The van der Waals surface area contributed by atoms with Crippen LogP contribution in [-0.2, 0) is 30.8 Å². The van der Waals surface area contributed by atoms with E-state index in [1.807, 2.05) is 0 Å². The molecule has 0 radical (unpaired) electrons. The Morgan fingerprint density at radius 1 is 1.03 bits per heavy atom. The van der Waals surface area contributed by atoms with Gasteiger partial charge in [-0.3, -0.25) is 9.59 Å².